The third-order valence-electron chi connectivity index (χ3n) is 19.1. The van der Waals surface area contributed by atoms with E-state index in [2.05, 4.69) is 58.9 Å². The van der Waals surface area contributed by atoms with Crippen molar-refractivity contribution in [2.24, 2.45) is 11.8 Å². The van der Waals surface area contributed by atoms with Crippen LogP contribution in [-0.2, 0) is 41.6 Å². The van der Waals surface area contributed by atoms with Gasteiger partial charge in [0.25, 0.3) is 0 Å². The number of benzene rings is 3. The number of aliphatic hydroxyl groups excluding tert-OH is 3. The number of aliphatic hydroxyl groups is 3. The highest BCUT2D eigenvalue weighted by atomic mass is 32.1. The van der Waals surface area contributed by atoms with E-state index >= 15 is 0 Å². The molecule has 0 spiro atoms. The molecule has 0 aliphatic carbocycles. The monoisotopic (exact) mass is 1430 g/mol. The SMILES string of the molecule is CC[C@@H](C(=O)N1C[C@H](O)C[C@H]1C(=O)C[C@@H](C)c1ccc(-c2cnco2)cc1)c1cc(C)no1.Cc1cc([C@H](C(=O)N2C[C@H](O)C[C@H]2C(=O)CCc2ccc(-c3scnc3C)cc2)C(C)C)ns1.Cc1noc([C@H](C(=O)N2C[C@H](O)C[C@H]2C(=O)CCc2ccc(-c3scnc3C)cc2)C(C)C)n1. The molecular weight excluding hydrogens is 1340 g/mol. The smallest absolute Gasteiger partial charge is 0.239 e. The molecule has 3 aromatic carbocycles. The normalized spacial score (nSPS) is 19.4. The van der Waals surface area contributed by atoms with Gasteiger partial charge in [-0.3, -0.25) is 28.8 Å². The van der Waals surface area contributed by atoms with Crippen LogP contribution in [0.1, 0.15) is 172 Å². The highest BCUT2D eigenvalue weighted by Gasteiger charge is 2.46. The average molecular weight is 1430 g/mol. The minimum atomic E-state index is -0.725. The summed E-state index contributed by atoms with van der Waals surface area (Å²) in [6.45, 7) is 21.6. The minimum absolute atomic E-state index is 0.00393. The van der Waals surface area contributed by atoms with Gasteiger partial charge < -0.3 is 43.5 Å². The first kappa shape index (κ1) is 75.1. The Morgan fingerprint density at radius 3 is 1.50 bits per heavy atom. The van der Waals surface area contributed by atoms with Crippen LogP contribution in [0.15, 0.2) is 122 Å². The summed E-state index contributed by atoms with van der Waals surface area (Å²) in [7, 11) is 0. The van der Waals surface area contributed by atoms with E-state index in [0.717, 1.165) is 65.1 Å². The molecule has 0 saturated carbocycles. The van der Waals surface area contributed by atoms with Gasteiger partial charge in [-0.05, 0) is 117 Å². The molecule has 534 valence electrons. The van der Waals surface area contributed by atoms with Crippen molar-refractivity contribution in [2.45, 2.75) is 194 Å². The fourth-order valence-corrected chi connectivity index (χ4v) is 15.9. The van der Waals surface area contributed by atoms with E-state index in [1.54, 1.807) is 53.7 Å². The van der Waals surface area contributed by atoms with Crippen LogP contribution in [0.2, 0.25) is 0 Å². The van der Waals surface area contributed by atoms with Gasteiger partial charge >= 0.3 is 0 Å². The third-order valence-corrected chi connectivity index (χ3v) is 21.7. The molecule has 12 rings (SSSR count). The summed E-state index contributed by atoms with van der Waals surface area (Å²) in [5.41, 5.74) is 13.5. The lowest BCUT2D eigenvalue weighted by Crippen LogP contribution is -2.44. The number of Topliss-reactive ketones (excluding diaryl/α,β-unsaturated/α-hetero) is 3. The number of hydrogen-bond acceptors (Lipinski definition) is 22. The maximum Gasteiger partial charge on any atom is 0.239 e. The van der Waals surface area contributed by atoms with E-state index in [1.807, 2.05) is 128 Å². The van der Waals surface area contributed by atoms with Crippen LogP contribution in [0.4, 0.5) is 0 Å². The summed E-state index contributed by atoms with van der Waals surface area (Å²) in [6.07, 6.45) is 4.35. The summed E-state index contributed by atoms with van der Waals surface area (Å²) in [4.78, 5) is 105. The standard InChI is InChI=1S/C26H31N3O3S2.C25H30N4O4S.C25H29N3O5/c1-15(2)24(21-11-16(3)34-28-21)26(32)29-13-20(30)12-22(29)23(31)10-7-18-5-8-19(9-6-18)25-17(4)27-14-33-25;1-14(2)22(24-27-16(4)28-33-24)25(32)29-12-19(30)11-20(29)21(31)10-7-17-5-8-18(9-6-17)23-15(3)26-13-34-23;1-4-20(23-10-16(3)27-33-23)25(31)28-13-19(29)11-21(28)22(30)9-15(2)17-5-7-18(8-6-17)24-12-26-14-32-24/h5-6,8-9,11,14-15,20,22,24,30H,7,10,12-13H2,1-4H3;5-6,8-9,13-14,19-20,22,30H,7,10-12H2,1-4H3;5-8,10,12,14-15,19-21,29H,4,9,11,13H2,1-3H3/t20-,22+,24-;19-,20+,22-;15-,19-,20-,21+/m111/s1. The predicted molar refractivity (Wildman–Crippen MR) is 385 cm³/mol. The maximum atomic E-state index is 13.5. The second kappa shape index (κ2) is 33.9. The molecule has 0 unspecified atom stereocenters. The molecule has 25 heteroatoms. The van der Waals surface area contributed by atoms with Crippen LogP contribution >= 0.6 is 34.2 Å². The number of carbonyl (C=O) groups is 6. The summed E-state index contributed by atoms with van der Waals surface area (Å²) < 4.78 is 20.4. The van der Waals surface area contributed by atoms with Crippen molar-refractivity contribution in [1.29, 1.82) is 0 Å². The Balaban J connectivity index is 0.000000163. The van der Waals surface area contributed by atoms with Gasteiger partial charge in [-0.25, -0.2) is 15.0 Å². The summed E-state index contributed by atoms with van der Waals surface area (Å²) in [6, 6.07) is 26.1. The molecule has 3 saturated heterocycles. The number of nitrogens with zero attached hydrogens (tertiary/aromatic N) is 10. The fraction of sp³-hybridized carbons (Fsp3) is 0.461. The Morgan fingerprint density at radius 1 is 0.594 bits per heavy atom. The Bertz CT molecular complexity index is 4070. The molecule has 6 aromatic heterocycles. The molecule has 9 aromatic rings. The highest BCUT2D eigenvalue weighted by molar-refractivity contribution is 7.13. The van der Waals surface area contributed by atoms with Crippen LogP contribution in [0.25, 0.3) is 32.2 Å². The molecule has 3 aliphatic rings. The lowest BCUT2D eigenvalue weighted by Gasteiger charge is -2.29. The topological polar surface area (TPSA) is 302 Å². The zero-order chi connectivity index (χ0) is 72.3. The van der Waals surface area contributed by atoms with E-state index in [-0.39, 0.29) is 97.6 Å². The average Bonchev–Trinajstić information content (AvgIpc) is 1.71. The third kappa shape index (κ3) is 18.4. The Labute approximate surface area is 600 Å². The number of β-amino-alcohol motifs (C(OH)–C–C–N with tert-alkyl or cyclic N) is 3. The molecule has 0 bridgehead atoms. The van der Waals surface area contributed by atoms with Crippen LogP contribution in [0.3, 0.4) is 0 Å². The second-order valence-corrected chi connectivity index (χ2v) is 30.1. The van der Waals surface area contributed by atoms with Gasteiger partial charge in [-0.1, -0.05) is 125 Å². The van der Waals surface area contributed by atoms with Gasteiger partial charge in [0.05, 0.1) is 98.0 Å². The number of aryl methyl sites for hydroxylation is 7. The highest BCUT2D eigenvalue weighted by Crippen LogP contribution is 2.37. The van der Waals surface area contributed by atoms with Crippen molar-refractivity contribution in [2.75, 3.05) is 19.6 Å². The predicted octanol–water partition coefficient (Wildman–Crippen LogP) is 12.4. The fourth-order valence-electron chi connectivity index (χ4n) is 13.7. The number of thiazole rings is 2. The number of oxazole rings is 1. The van der Waals surface area contributed by atoms with Crippen molar-refractivity contribution in [3.05, 3.63) is 170 Å². The summed E-state index contributed by atoms with van der Waals surface area (Å²) >= 11 is 4.61. The second-order valence-electron chi connectivity index (χ2n) is 27.4. The summed E-state index contributed by atoms with van der Waals surface area (Å²) in [5, 5.41) is 38.6. The van der Waals surface area contributed by atoms with E-state index < -0.39 is 54.2 Å². The Kier molecular flexibility index (Phi) is 25.2. The van der Waals surface area contributed by atoms with E-state index in [1.165, 1.54) is 27.7 Å². The Morgan fingerprint density at radius 2 is 1.09 bits per heavy atom. The van der Waals surface area contributed by atoms with Crippen LogP contribution in [0, 0.1) is 46.5 Å². The van der Waals surface area contributed by atoms with Gasteiger partial charge in [-0.15, -0.1) is 22.7 Å². The van der Waals surface area contributed by atoms with Crippen molar-refractivity contribution in [3.8, 4) is 32.2 Å². The largest absolute Gasteiger partial charge is 0.444 e. The molecule has 10 atom stereocenters. The van der Waals surface area contributed by atoms with Crippen molar-refractivity contribution < 1.29 is 57.6 Å². The zero-order valence-electron chi connectivity index (χ0n) is 59.0. The lowest BCUT2D eigenvalue weighted by atomic mass is 9.90. The molecule has 3 amide bonds. The number of rotatable bonds is 24. The van der Waals surface area contributed by atoms with E-state index in [9.17, 15) is 44.1 Å². The number of likely N-dealkylation sites (tertiary alicyclic amines) is 3. The van der Waals surface area contributed by atoms with Crippen molar-refractivity contribution >= 4 is 69.3 Å². The molecule has 3 N–H and O–H groups in total. The van der Waals surface area contributed by atoms with Gasteiger partial charge in [0.15, 0.2) is 35.3 Å². The molecule has 22 nitrogen and oxygen atoms in total. The Hall–Kier alpha value is -8.59. The number of carbonyl (C=O) groups excluding carboxylic acids is 6. The number of amides is 3. The lowest BCUT2D eigenvalue weighted by molar-refractivity contribution is -0.140. The van der Waals surface area contributed by atoms with E-state index in [4.69, 9.17) is 13.5 Å². The first-order valence-electron chi connectivity index (χ1n) is 34.5. The van der Waals surface area contributed by atoms with Crippen molar-refractivity contribution in [3.63, 3.8) is 0 Å². The van der Waals surface area contributed by atoms with Gasteiger partial charge in [-0.2, -0.15) is 9.36 Å². The van der Waals surface area contributed by atoms with Gasteiger partial charge in [0, 0.05) is 74.7 Å². The van der Waals surface area contributed by atoms with Gasteiger partial charge in [0.2, 0.25) is 23.6 Å². The minimum Gasteiger partial charge on any atom is -0.444 e. The van der Waals surface area contributed by atoms with Crippen LogP contribution in [-0.4, -0.2) is 156 Å². The first-order valence-corrected chi connectivity index (χ1v) is 37.1. The molecule has 9 heterocycles. The quantitative estimate of drug-likeness (QED) is 0.0506. The van der Waals surface area contributed by atoms with E-state index in [0.29, 0.717) is 61.6 Å². The number of aromatic nitrogens is 7. The molecule has 101 heavy (non-hydrogen) atoms. The van der Waals surface area contributed by atoms with Crippen LogP contribution in [0.5, 0.6) is 0 Å². The number of ketones is 3. The molecule has 3 aliphatic heterocycles. The van der Waals surface area contributed by atoms with Crippen molar-refractivity contribution in [1.82, 2.24) is 49.3 Å². The molecule has 0 radical (unpaired) electrons. The maximum absolute atomic E-state index is 13.5. The summed E-state index contributed by atoms with van der Waals surface area (Å²) in [5.74, 6) is -0.425. The number of hydrogen-bond donors (Lipinski definition) is 3. The van der Waals surface area contributed by atoms with Crippen LogP contribution < -0.4 is 0 Å². The molecule has 3 fully saturated rings. The first-order chi connectivity index (χ1) is 48.3. The molecular formula is C76H90N10O12S3. The van der Waals surface area contributed by atoms with Gasteiger partial charge in [0.1, 0.15) is 11.7 Å². The zero-order valence-corrected chi connectivity index (χ0v) is 61.5.